The third-order valence-corrected chi connectivity index (χ3v) is 6.61. The smallest absolute Gasteiger partial charge is 0.272 e. The van der Waals surface area contributed by atoms with E-state index in [9.17, 15) is 13.2 Å². The van der Waals surface area contributed by atoms with Crippen LogP contribution in [0.1, 0.15) is 15.5 Å². The Labute approximate surface area is 162 Å². The van der Waals surface area contributed by atoms with Gasteiger partial charge in [0, 0.05) is 44.0 Å². The summed E-state index contributed by atoms with van der Waals surface area (Å²) in [4.78, 5) is 17.2. The predicted octanol–water partition coefficient (Wildman–Crippen LogP) is 2.96. The van der Waals surface area contributed by atoms with Gasteiger partial charge < -0.3 is 9.88 Å². The van der Waals surface area contributed by atoms with E-state index in [1.807, 2.05) is 18.5 Å². The third kappa shape index (κ3) is 3.95. The van der Waals surface area contributed by atoms with Crippen LogP contribution >= 0.6 is 11.3 Å². The molecule has 7 nitrogen and oxygen atoms in total. The number of carbonyl (C=O) groups excluding carboxylic acids is 1. The van der Waals surface area contributed by atoms with Gasteiger partial charge in [-0.2, -0.15) is 0 Å². The van der Waals surface area contributed by atoms with Gasteiger partial charge in [-0.05, 0) is 31.2 Å². The molecule has 1 aromatic carbocycles. The first-order valence-corrected chi connectivity index (χ1v) is 10.4. The molecule has 0 aliphatic heterocycles. The molecule has 0 aliphatic rings. The maximum Gasteiger partial charge on any atom is 0.272 e. The number of nitrogens with one attached hydrogen (secondary N) is 1. The number of sulfonamides is 1. The molecule has 3 rings (SSSR count). The Bertz CT molecular complexity index is 1100. The Morgan fingerprint density at radius 2 is 2.00 bits per heavy atom. The fraction of sp³-hybridized carbons (Fsp3) is 0.222. The van der Waals surface area contributed by atoms with Crippen molar-refractivity contribution in [3.05, 3.63) is 52.6 Å². The molecule has 0 aliphatic carbocycles. The number of aromatic nitrogens is 2. The lowest BCUT2D eigenvalue weighted by Crippen LogP contribution is -2.22. The van der Waals surface area contributed by atoms with Crippen molar-refractivity contribution in [2.45, 2.75) is 11.8 Å². The van der Waals surface area contributed by atoms with Gasteiger partial charge in [-0.1, -0.05) is 6.07 Å². The number of carbonyl (C=O) groups is 1. The number of benzene rings is 1. The minimum absolute atomic E-state index is 0.121. The summed E-state index contributed by atoms with van der Waals surface area (Å²) in [5, 5.41) is 5.66. The molecular weight excluding hydrogens is 384 g/mol. The van der Waals surface area contributed by atoms with Crippen LogP contribution < -0.4 is 5.32 Å². The van der Waals surface area contributed by atoms with Crippen LogP contribution in [0.2, 0.25) is 0 Å². The summed E-state index contributed by atoms with van der Waals surface area (Å²) in [6.07, 6.45) is 1.84. The Morgan fingerprint density at radius 1 is 1.26 bits per heavy atom. The molecule has 1 amide bonds. The quantitative estimate of drug-likeness (QED) is 0.709. The molecule has 9 heteroatoms. The van der Waals surface area contributed by atoms with Crippen molar-refractivity contribution >= 4 is 33.0 Å². The van der Waals surface area contributed by atoms with Crippen LogP contribution in [-0.4, -0.2) is 42.3 Å². The van der Waals surface area contributed by atoms with Crippen LogP contribution in [0, 0.1) is 6.92 Å². The fourth-order valence-electron chi connectivity index (χ4n) is 2.57. The standard InChI is InChI=1S/C18H20N4O3S2/c1-12-19-16(11-26-12)13-8-17(22(4)10-13)18(23)20-14-6-5-7-15(9-14)27(24,25)21(2)3/h5-11H,1-4H3,(H,20,23). The summed E-state index contributed by atoms with van der Waals surface area (Å²) >= 11 is 1.55. The van der Waals surface area contributed by atoms with E-state index < -0.39 is 10.0 Å². The van der Waals surface area contributed by atoms with E-state index in [4.69, 9.17) is 0 Å². The number of nitrogens with zero attached hydrogens (tertiary/aromatic N) is 3. The van der Waals surface area contributed by atoms with E-state index in [0.29, 0.717) is 11.4 Å². The number of hydrogen-bond donors (Lipinski definition) is 1. The van der Waals surface area contributed by atoms with Crippen molar-refractivity contribution in [2.75, 3.05) is 19.4 Å². The average molecular weight is 405 g/mol. The highest BCUT2D eigenvalue weighted by molar-refractivity contribution is 7.89. The lowest BCUT2D eigenvalue weighted by Gasteiger charge is -2.12. The van der Waals surface area contributed by atoms with Crippen molar-refractivity contribution in [1.82, 2.24) is 13.9 Å². The number of aryl methyl sites for hydroxylation is 2. The van der Waals surface area contributed by atoms with E-state index in [2.05, 4.69) is 10.3 Å². The minimum atomic E-state index is -3.57. The highest BCUT2D eigenvalue weighted by Crippen LogP contribution is 2.24. The van der Waals surface area contributed by atoms with E-state index in [1.54, 1.807) is 41.2 Å². The van der Waals surface area contributed by atoms with Crippen LogP contribution in [0.3, 0.4) is 0 Å². The highest BCUT2D eigenvalue weighted by Gasteiger charge is 2.19. The predicted molar refractivity (Wildman–Crippen MR) is 107 cm³/mol. The number of thiazole rings is 1. The van der Waals surface area contributed by atoms with Gasteiger partial charge in [-0.25, -0.2) is 17.7 Å². The lowest BCUT2D eigenvalue weighted by molar-refractivity contribution is 0.101. The maximum atomic E-state index is 12.7. The molecule has 0 bridgehead atoms. The summed E-state index contributed by atoms with van der Waals surface area (Å²) in [7, 11) is 1.14. The number of amides is 1. The first-order valence-electron chi connectivity index (χ1n) is 8.11. The molecule has 142 valence electrons. The number of rotatable bonds is 5. The number of anilines is 1. The first kappa shape index (κ1) is 19.3. The van der Waals surface area contributed by atoms with Gasteiger partial charge in [0.05, 0.1) is 15.6 Å². The third-order valence-electron chi connectivity index (χ3n) is 4.02. The summed E-state index contributed by atoms with van der Waals surface area (Å²) in [5.41, 5.74) is 2.55. The van der Waals surface area contributed by atoms with Crippen molar-refractivity contribution in [2.24, 2.45) is 7.05 Å². The minimum Gasteiger partial charge on any atom is -0.346 e. The highest BCUT2D eigenvalue weighted by atomic mass is 32.2. The van der Waals surface area contributed by atoms with Crippen LogP contribution in [0.4, 0.5) is 5.69 Å². The molecule has 2 heterocycles. The Balaban J connectivity index is 1.85. The van der Waals surface area contributed by atoms with Gasteiger partial charge >= 0.3 is 0 Å². The van der Waals surface area contributed by atoms with Gasteiger partial charge in [0.15, 0.2) is 0 Å². The molecule has 0 radical (unpaired) electrons. The molecule has 1 N–H and O–H groups in total. The zero-order chi connectivity index (χ0) is 19.8. The van der Waals surface area contributed by atoms with Crippen LogP contribution in [0.25, 0.3) is 11.3 Å². The van der Waals surface area contributed by atoms with Crippen LogP contribution in [0.5, 0.6) is 0 Å². The molecule has 0 spiro atoms. The van der Waals surface area contributed by atoms with E-state index >= 15 is 0 Å². The van der Waals surface area contributed by atoms with Crippen LogP contribution in [-0.2, 0) is 17.1 Å². The molecule has 0 atom stereocenters. The summed E-state index contributed by atoms with van der Waals surface area (Å²) in [6, 6.07) is 7.96. The SMILES string of the molecule is Cc1nc(-c2cc(C(=O)Nc3cccc(S(=O)(=O)N(C)C)c3)n(C)c2)cs1. The van der Waals surface area contributed by atoms with Gasteiger partial charge in [0.25, 0.3) is 5.91 Å². The second-order valence-corrected chi connectivity index (χ2v) is 9.46. The summed E-state index contributed by atoms with van der Waals surface area (Å²) < 4.78 is 27.4. The topological polar surface area (TPSA) is 84.3 Å². The van der Waals surface area contributed by atoms with E-state index in [-0.39, 0.29) is 10.8 Å². The van der Waals surface area contributed by atoms with Crippen molar-refractivity contribution in [3.63, 3.8) is 0 Å². The zero-order valence-corrected chi connectivity index (χ0v) is 17.1. The summed E-state index contributed by atoms with van der Waals surface area (Å²) in [6.45, 7) is 1.93. The molecule has 27 heavy (non-hydrogen) atoms. The fourth-order valence-corrected chi connectivity index (χ4v) is 4.14. The monoisotopic (exact) mass is 404 g/mol. The second kappa shape index (κ2) is 7.26. The Morgan fingerprint density at radius 3 is 2.63 bits per heavy atom. The van der Waals surface area contributed by atoms with E-state index in [1.165, 1.54) is 26.2 Å². The molecule has 3 aromatic rings. The second-order valence-electron chi connectivity index (χ2n) is 6.25. The summed E-state index contributed by atoms with van der Waals surface area (Å²) in [5.74, 6) is -0.324. The molecule has 0 unspecified atom stereocenters. The molecule has 0 saturated carbocycles. The average Bonchev–Trinajstić information content (AvgIpc) is 3.20. The van der Waals surface area contributed by atoms with Gasteiger partial charge in [0.1, 0.15) is 5.69 Å². The van der Waals surface area contributed by atoms with Crippen molar-refractivity contribution in [3.8, 4) is 11.3 Å². The molecule has 0 saturated heterocycles. The Kier molecular flexibility index (Phi) is 5.18. The zero-order valence-electron chi connectivity index (χ0n) is 15.4. The Hall–Kier alpha value is -2.49. The van der Waals surface area contributed by atoms with Gasteiger partial charge in [-0.15, -0.1) is 11.3 Å². The van der Waals surface area contributed by atoms with E-state index in [0.717, 1.165) is 20.6 Å². The molecule has 2 aromatic heterocycles. The largest absolute Gasteiger partial charge is 0.346 e. The van der Waals surface area contributed by atoms with Crippen molar-refractivity contribution in [1.29, 1.82) is 0 Å². The number of hydrogen-bond acceptors (Lipinski definition) is 5. The molecular formula is C18H20N4O3S2. The lowest BCUT2D eigenvalue weighted by atomic mass is 10.2. The first-order chi connectivity index (χ1) is 12.7. The van der Waals surface area contributed by atoms with Gasteiger partial charge in [-0.3, -0.25) is 4.79 Å². The maximum absolute atomic E-state index is 12.7. The van der Waals surface area contributed by atoms with Crippen LogP contribution in [0.15, 0.2) is 46.8 Å². The molecule has 0 fully saturated rings. The van der Waals surface area contributed by atoms with Crippen molar-refractivity contribution < 1.29 is 13.2 Å². The van der Waals surface area contributed by atoms with Gasteiger partial charge in [0.2, 0.25) is 10.0 Å². The normalized spacial score (nSPS) is 11.7.